The fraction of sp³-hybridized carbons (Fsp3) is 0.167. The molecule has 2 rings (SSSR count). The number of hydrogen-bond donors (Lipinski definition) is 0. The maximum absolute atomic E-state index is 4.89. The first-order valence-electron chi connectivity index (χ1n) is 4.39. The van der Waals surface area contributed by atoms with Crippen LogP contribution in [-0.2, 0) is 28.4 Å². The minimum absolute atomic E-state index is 0. The van der Waals surface area contributed by atoms with Gasteiger partial charge in [0, 0.05) is 30.8 Å². The monoisotopic (exact) mass is 308 g/mol. The van der Waals surface area contributed by atoms with Gasteiger partial charge in [0.15, 0.2) is 0 Å². The van der Waals surface area contributed by atoms with Crippen LogP contribution in [0.4, 0.5) is 0 Å². The summed E-state index contributed by atoms with van der Waals surface area (Å²) in [6, 6.07) is 16.1. The van der Waals surface area contributed by atoms with Crippen molar-refractivity contribution in [1.29, 1.82) is 0 Å². The van der Waals surface area contributed by atoms with Gasteiger partial charge in [-0.05, 0) is 0 Å². The van der Waals surface area contributed by atoms with E-state index in [0.29, 0.717) is 0 Å². The van der Waals surface area contributed by atoms with E-state index in [-0.39, 0.29) is 17.1 Å². The molecule has 0 aliphatic rings. The summed E-state index contributed by atoms with van der Waals surface area (Å²) in [6.07, 6.45) is 0. The predicted molar refractivity (Wildman–Crippen MR) is 62.5 cm³/mol. The first-order chi connectivity index (χ1) is 6.83. The average Bonchev–Trinajstić information content (AvgIpc) is 2.79. The van der Waals surface area contributed by atoms with E-state index in [0.717, 1.165) is 11.1 Å². The Morgan fingerprint density at radius 3 is 2.07 bits per heavy atom. The fourth-order valence-electron chi connectivity index (χ4n) is 1.03. The first-order valence-corrected chi connectivity index (χ1v) is 5.19. The number of methoxy groups -OCH3 is 1. The van der Waals surface area contributed by atoms with Gasteiger partial charge in [-0.3, -0.25) is 0 Å². The smallest absolute Gasteiger partial charge is 0.0345 e. The maximum Gasteiger partial charge on any atom is 0.0345 e. The summed E-state index contributed by atoms with van der Waals surface area (Å²) in [4.78, 5) is 0. The van der Waals surface area contributed by atoms with Crippen LogP contribution >= 0.6 is 15.9 Å². The van der Waals surface area contributed by atoms with Crippen molar-refractivity contribution in [2.24, 2.45) is 0 Å². The standard InChI is InChI=1S/C7H9O.C5H4Br.Fe/c1-8-6-7-4-2-3-5-7;6-5-3-1-2-4-5;/h2-5H,6H2,1H3;1-4H;/q-1;-5;. The molecule has 0 fully saturated rings. The van der Waals surface area contributed by atoms with E-state index in [2.05, 4.69) is 15.9 Å². The van der Waals surface area contributed by atoms with Gasteiger partial charge in [0.1, 0.15) is 0 Å². The first kappa shape index (κ1) is 14.7. The molecule has 88 valence electrons. The zero-order valence-electron chi connectivity index (χ0n) is 8.47. The van der Waals surface area contributed by atoms with Gasteiger partial charge < -0.3 is 49.4 Å². The van der Waals surface area contributed by atoms with Crippen molar-refractivity contribution >= 4 is 15.9 Å². The minimum atomic E-state index is 0. The molecule has 0 saturated heterocycles. The molecule has 0 amide bonds. The van der Waals surface area contributed by atoms with Gasteiger partial charge in [-0.25, -0.2) is 12.1 Å². The Kier molecular flexibility index (Phi) is 8.72. The van der Waals surface area contributed by atoms with Crippen molar-refractivity contribution in [3.8, 4) is 0 Å². The van der Waals surface area contributed by atoms with Gasteiger partial charge in [0.2, 0.25) is 0 Å². The molecule has 0 aliphatic heterocycles. The number of hydrogen-bond acceptors (Lipinski definition) is 1. The Morgan fingerprint density at radius 1 is 1.20 bits per heavy atom. The number of halogens is 1. The maximum atomic E-state index is 4.89. The van der Waals surface area contributed by atoms with Crippen molar-refractivity contribution in [2.75, 3.05) is 7.11 Å². The molecule has 0 aromatic heterocycles. The Balaban J connectivity index is 0.000000253. The summed E-state index contributed by atoms with van der Waals surface area (Å²) in [6.45, 7) is 0.729. The molecule has 0 bridgehead atoms. The van der Waals surface area contributed by atoms with Crippen molar-refractivity contribution in [2.45, 2.75) is 6.61 Å². The normalized spacial score (nSPS) is 8.67. The van der Waals surface area contributed by atoms with Crippen LogP contribution in [0.3, 0.4) is 0 Å². The van der Waals surface area contributed by atoms with Crippen LogP contribution in [0.5, 0.6) is 0 Å². The largest absolute Gasteiger partial charge is 0.747 e. The molecule has 0 aliphatic carbocycles. The summed E-state index contributed by atoms with van der Waals surface area (Å²) < 4.78 is 6.04. The molecule has 0 unspecified atom stereocenters. The molecule has 0 atom stereocenters. The van der Waals surface area contributed by atoms with Gasteiger partial charge in [-0.2, -0.15) is 12.1 Å². The fourth-order valence-corrected chi connectivity index (χ4v) is 1.33. The van der Waals surface area contributed by atoms with Crippen LogP contribution in [-0.4, -0.2) is 7.11 Å². The second-order valence-electron chi connectivity index (χ2n) is 2.83. The summed E-state index contributed by atoms with van der Waals surface area (Å²) >= 11 is 3.28. The van der Waals surface area contributed by atoms with Crippen LogP contribution < -0.4 is 0 Å². The molecule has 0 saturated carbocycles. The van der Waals surface area contributed by atoms with E-state index in [1.807, 2.05) is 48.5 Å². The van der Waals surface area contributed by atoms with Crippen molar-refractivity contribution in [3.05, 3.63) is 58.6 Å². The van der Waals surface area contributed by atoms with Gasteiger partial charge in [0.05, 0.1) is 0 Å². The zero-order valence-corrected chi connectivity index (χ0v) is 11.2. The molecule has 0 N–H and O–H groups in total. The summed E-state index contributed by atoms with van der Waals surface area (Å²) in [5.74, 6) is 0. The van der Waals surface area contributed by atoms with E-state index in [4.69, 9.17) is 4.74 Å². The summed E-state index contributed by atoms with van der Waals surface area (Å²) in [5.41, 5.74) is 1.24. The third-order valence-electron chi connectivity index (χ3n) is 1.66. The van der Waals surface area contributed by atoms with Gasteiger partial charge in [-0.15, -0.1) is 5.56 Å². The molecule has 0 spiro atoms. The number of ether oxygens (including phenoxy) is 1. The summed E-state index contributed by atoms with van der Waals surface area (Å²) in [7, 11) is 1.70. The quantitative estimate of drug-likeness (QED) is 0.607. The van der Waals surface area contributed by atoms with Crippen molar-refractivity contribution in [1.82, 2.24) is 0 Å². The minimum Gasteiger partial charge on any atom is -0.747 e. The topological polar surface area (TPSA) is 9.23 Å². The molecule has 2 aromatic rings. The average molecular weight is 309 g/mol. The Labute approximate surface area is 110 Å². The molecular formula is C12H13BrFeO-6. The SMILES string of the molecule is Br[c-]1[cH-][cH-][cH-][cH-]1.COC[c-]1cccc1.[Fe]. The van der Waals surface area contributed by atoms with Crippen molar-refractivity contribution < 1.29 is 21.8 Å². The zero-order chi connectivity index (χ0) is 10.2. The molecule has 0 heterocycles. The van der Waals surface area contributed by atoms with Crippen LogP contribution in [0.25, 0.3) is 0 Å². The van der Waals surface area contributed by atoms with Crippen molar-refractivity contribution in [3.63, 3.8) is 0 Å². The van der Waals surface area contributed by atoms with E-state index in [1.165, 1.54) is 5.56 Å². The van der Waals surface area contributed by atoms with Gasteiger partial charge in [-0.1, -0.05) is 0 Å². The molecular weight excluding hydrogens is 296 g/mol. The second kappa shape index (κ2) is 8.93. The van der Waals surface area contributed by atoms with E-state index >= 15 is 0 Å². The van der Waals surface area contributed by atoms with Gasteiger partial charge in [0.25, 0.3) is 0 Å². The second-order valence-corrected chi connectivity index (χ2v) is 3.74. The van der Waals surface area contributed by atoms with Crippen LogP contribution in [0, 0.1) is 0 Å². The van der Waals surface area contributed by atoms with Crippen LogP contribution in [0.15, 0.2) is 53.0 Å². The molecule has 15 heavy (non-hydrogen) atoms. The third kappa shape index (κ3) is 6.69. The van der Waals surface area contributed by atoms with E-state index in [9.17, 15) is 0 Å². The third-order valence-corrected chi connectivity index (χ3v) is 2.19. The Bertz CT molecular complexity index is 313. The molecule has 0 radical (unpaired) electrons. The molecule has 1 nitrogen and oxygen atoms in total. The molecule has 3 heteroatoms. The van der Waals surface area contributed by atoms with Gasteiger partial charge >= 0.3 is 0 Å². The predicted octanol–water partition coefficient (Wildman–Crippen LogP) is 3.72. The number of rotatable bonds is 2. The van der Waals surface area contributed by atoms with Crippen LogP contribution in [0.2, 0.25) is 0 Å². The Hall–Kier alpha value is -0.341. The molecule has 2 aromatic carbocycles. The van der Waals surface area contributed by atoms with E-state index in [1.54, 1.807) is 7.11 Å². The van der Waals surface area contributed by atoms with Crippen LogP contribution in [0.1, 0.15) is 5.56 Å². The summed E-state index contributed by atoms with van der Waals surface area (Å²) in [5, 5.41) is 0. The Morgan fingerprint density at radius 2 is 1.73 bits per heavy atom. The van der Waals surface area contributed by atoms with E-state index < -0.39 is 0 Å².